The van der Waals surface area contributed by atoms with E-state index in [9.17, 15) is 18.0 Å². The Morgan fingerprint density at radius 1 is 1.14 bits per heavy atom. The first kappa shape index (κ1) is 25.3. The van der Waals surface area contributed by atoms with Crippen molar-refractivity contribution in [3.63, 3.8) is 0 Å². The van der Waals surface area contributed by atoms with Crippen LogP contribution in [0.25, 0.3) is 0 Å². The van der Waals surface area contributed by atoms with E-state index in [0.717, 1.165) is 23.4 Å². The summed E-state index contributed by atoms with van der Waals surface area (Å²) in [4.78, 5) is 15.8. The molecule has 2 aromatic carbocycles. The lowest BCUT2D eigenvalue weighted by Gasteiger charge is -2.43. The number of amides is 1. The molecule has 2 aliphatic rings. The molecular formula is C26H31F3N2O4. The zero-order valence-corrected chi connectivity index (χ0v) is 19.9. The Balaban J connectivity index is 1.45. The van der Waals surface area contributed by atoms with E-state index < -0.39 is 17.3 Å². The molecule has 2 saturated heterocycles. The molecule has 1 N–H and O–H groups in total. The maximum Gasteiger partial charge on any atom is 0.416 e. The number of carbonyl (C=O) groups excluding carboxylic acids is 1. The van der Waals surface area contributed by atoms with Gasteiger partial charge in [0.1, 0.15) is 23.1 Å². The zero-order chi connectivity index (χ0) is 25.1. The molecule has 2 aliphatic heterocycles. The van der Waals surface area contributed by atoms with Gasteiger partial charge in [-0.15, -0.1) is 0 Å². The predicted octanol–water partition coefficient (Wildman–Crippen LogP) is 4.59. The molecule has 190 valence electrons. The Morgan fingerprint density at radius 2 is 1.86 bits per heavy atom. The van der Waals surface area contributed by atoms with E-state index >= 15 is 0 Å². The van der Waals surface area contributed by atoms with E-state index in [4.69, 9.17) is 14.2 Å². The van der Waals surface area contributed by atoms with Crippen molar-refractivity contribution in [3.8, 4) is 11.5 Å². The highest BCUT2D eigenvalue weighted by molar-refractivity contribution is 5.87. The van der Waals surface area contributed by atoms with E-state index in [-0.39, 0.29) is 23.8 Å². The van der Waals surface area contributed by atoms with E-state index in [2.05, 4.69) is 10.2 Å². The highest BCUT2D eigenvalue weighted by atomic mass is 19.4. The highest BCUT2D eigenvalue weighted by Gasteiger charge is 2.48. The number of methoxy groups -OCH3 is 1. The number of nitrogens with one attached hydrogen (secondary N) is 1. The van der Waals surface area contributed by atoms with Gasteiger partial charge in [0.15, 0.2) is 0 Å². The third-order valence-electron chi connectivity index (χ3n) is 6.92. The lowest BCUT2D eigenvalue weighted by Crippen LogP contribution is -2.61. The Morgan fingerprint density at radius 3 is 2.51 bits per heavy atom. The normalized spacial score (nSPS) is 21.3. The summed E-state index contributed by atoms with van der Waals surface area (Å²) < 4.78 is 55.9. The lowest BCUT2D eigenvalue weighted by molar-refractivity contribution is -0.141. The van der Waals surface area contributed by atoms with Gasteiger partial charge in [0.25, 0.3) is 0 Å². The Bertz CT molecular complexity index is 1010. The predicted molar refractivity (Wildman–Crippen MR) is 124 cm³/mol. The van der Waals surface area contributed by atoms with Gasteiger partial charge in [-0.05, 0) is 62.1 Å². The molecule has 2 fully saturated rings. The molecule has 6 nitrogen and oxygen atoms in total. The number of alkyl halides is 3. The summed E-state index contributed by atoms with van der Waals surface area (Å²) in [5, 5.41) is 3.17. The molecule has 9 heteroatoms. The molecule has 2 aromatic rings. The number of halogens is 3. The molecule has 0 saturated carbocycles. The van der Waals surface area contributed by atoms with Crippen LogP contribution in [0.2, 0.25) is 0 Å². The number of rotatable bonds is 7. The van der Waals surface area contributed by atoms with Crippen LogP contribution in [-0.4, -0.2) is 55.9 Å². The van der Waals surface area contributed by atoms with Gasteiger partial charge in [0, 0.05) is 26.3 Å². The topological polar surface area (TPSA) is 60.0 Å². The molecule has 0 spiro atoms. The van der Waals surface area contributed by atoms with E-state index in [0.29, 0.717) is 45.6 Å². The first-order valence-electron chi connectivity index (χ1n) is 11.8. The molecule has 0 radical (unpaired) electrons. The molecule has 0 aromatic heterocycles. The van der Waals surface area contributed by atoms with Crippen molar-refractivity contribution < 1.29 is 32.2 Å². The zero-order valence-electron chi connectivity index (χ0n) is 19.9. The van der Waals surface area contributed by atoms with Crippen molar-refractivity contribution in [2.24, 2.45) is 0 Å². The molecule has 0 aliphatic carbocycles. The third-order valence-corrected chi connectivity index (χ3v) is 6.92. The van der Waals surface area contributed by atoms with E-state index in [1.807, 2.05) is 31.2 Å². The van der Waals surface area contributed by atoms with Crippen molar-refractivity contribution in [2.45, 2.75) is 50.0 Å². The third kappa shape index (κ3) is 5.73. The van der Waals surface area contributed by atoms with Crippen LogP contribution in [-0.2, 0) is 15.7 Å². The van der Waals surface area contributed by atoms with Gasteiger partial charge in [-0.1, -0.05) is 18.2 Å². The molecule has 2 atom stereocenters. The van der Waals surface area contributed by atoms with Crippen LogP contribution >= 0.6 is 0 Å². The Kier molecular flexibility index (Phi) is 7.56. The fourth-order valence-electron chi connectivity index (χ4n) is 4.85. The molecule has 0 bridgehead atoms. The van der Waals surface area contributed by atoms with Gasteiger partial charge in [0.2, 0.25) is 5.91 Å². The average molecular weight is 493 g/mol. The van der Waals surface area contributed by atoms with Crippen molar-refractivity contribution in [2.75, 3.05) is 33.4 Å². The number of hydrogen-bond acceptors (Lipinski definition) is 5. The minimum absolute atomic E-state index is 0.0659. The van der Waals surface area contributed by atoms with Gasteiger partial charge in [-0.25, -0.2) is 0 Å². The van der Waals surface area contributed by atoms with Crippen LogP contribution < -0.4 is 14.8 Å². The van der Waals surface area contributed by atoms with E-state index in [1.54, 1.807) is 7.11 Å². The maximum absolute atomic E-state index is 13.6. The fourth-order valence-corrected chi connectivity index (χ4v) is 4.85. The first-order chi connectivity index (χ1) is 16.7. The monoisotopic (exact) mass is 492 g/mol. The number of carbonyl (C=O) groups is 1. The highest BCUT2D eigenvalue weighted by Crippen LogP contribution is 2.35. The summed E-state index contributed by atoms with van der Waals surface area (Å²) in [6.07, 6.45) is -3.01. The van der Waals surface area contributed by atoms with Crippen LogP contribution in [0.5, 0.6) is 11.5 Å². The molecule has 1 amide bonds. The molecule has 2 heterocycles. The number of ether oxygens (including phenoxy) is 3. The Labute approximate surface area is 203 Å². The minimum Gasteiger partial charge on any atom is -0.497 e. The molecule has 4 rings (SSSR count). The smallest absolute Gasteiger partial charge is 0.416 e. The summed E-state index contributed by atoms with van der Waals surface area (Å²) >= 11 is 0. The van der Waals surface area contributed by atoms with E-state index in [1.165, 1.54) is 12.1 Å². The van der Waals surface area contributed by atoms with Crippen LogP contribution in [0.15, 0.2) is 48.5 Å². The van der Waals surface area contributed by atoms with Crippen LogP contribution in [0, 0.1) is 0 Å². The molecular weight excluding hydrogens is 461 g/mol. The first-order valence-corrected chi connectivity index (χ1v) is 11.8. The number of nitrogens with zero attached hydrogens (tertiary/aromatic N) is 1. The van der Waals surface area contributed by atoms with Crippen molar-refractivity contribution in [1.29, 1.82) is 0 Å². The van der Waals surface area contributed by atoms with Gasteiger partial charge >= 0.3 is 6.18 Å². The van der Waals surface area contributed by atoms with Crippen LogP contribution in [0.1, 0.15) is 43.4 Å². The van der Waals surface area contributed by atoms with Gasteiger partial charge in [0.05, 0.1) is 18.7 Å². The lowest BCUT2D eigenvalue weighted by atomic mass is 9.86. The summed E-state index contributed by atoms with van der Waals surface area (Å²) in [5.41, 5.74) is -0.517. The second-order valence-electron chi connectivity index (χ2n) is 9.11. The number of hydrogen-bond donors (Lipinski definition) is 1. The summed E-state index contributed by atoms with van der Waals surface area (Å²) in [7, 11) is 1.61. The molecule has 1 unspecified atom stereocenters. The SMILES string of the molecule is COc1ccc(C(C)NC(=O)C2(N3CC[C@@H](Oc4cccc(C(F)(F)F)c4)C3)CCOCC2)cc1. The van der Waals surface area contributed by atoms with Crippen molar-refractivity contribution in [3.05, 3.63) is 59.7 Å². The van der Waals surface area contributed by atoms with Crippen LogP contribution in [0.4, 0.5) is 13.2 Å². The largest absolute Gasteiger partial charge is 0.497 e. The van der Waals surface area contributed by atoms with Crippen molar-refractivity contribution in [1.82, 2.24) is 10.2 Å². The van der Waals surface area contributed by atoms with Crippen molar-refractivity contribution >= 4 is 5.91 Å². The maximum atomic E-state index is 13.6. The fraction of sp³-hybridized carbons (Fsp3) is 0.500. The summed E-state index contributed by atoms with van der Waals surface area (Å²) in [5.74, 6) is 0.867. The minimum atomic E-state index is -4.42. The van der Waals surface area contributed by atoms with Crippen LogP contribution in [0.3, 0.4) is 0 Å². The quantitative estimate of drug-likeness (QED) is 0.613. The number of likely N-dealkylation sites (tertiary alicyclic amines) is 1. The second kappa shape index (κ2) is 10.5. The summed E-state index contributed by atoms with van der Waals surface area (Å²) in [6, 6.07) is 12.3. The van der Waals surface area contributed by atoms with Gasteiger partial charge < -0.3 is 19.5 Å². The summed E-state index contributed by atoms with van der Waals surface area (Å²) in [6.45, 7) is 3.96. The van der Waals surface area contributed by atoms with Gasteiger partial charge in [-0.3, -0.25) is 9.69 Å². The average Bonchev–Trinajstić information content (AvgIpc) is 3.33. The second-order valence-corrected chi connectivity index (χ2v) is 9.11. The standard InChI is InChI=1S/C26H31F3N2O4/c1-18(19-6-8-21(33-2)9-7-19)30-24(32)25(11-14-34-15-12-25)31-13-10-23(17-31)35-22-5-3-4-20(16-22)26(27,28)29/h3-9,16,18,23H,10-15,17H2,1-2H3,(H,30,32)/t18?,23-/m1/s1. The Hall–Kier alpha value is -2.78. The number of benzene rings is 2. The molecule has 35 heavy (non-hydrogen) atoms. The van der Waals surface area contributed by atoms with Gasteiger partial charge in [-0.2, -0.15) is 13.2 Å².